The Labute approximate surface area is 114 Å². The van der Waals surface area contributed by atoms with Gasteiger partial charge in [0.05, 0.1) is 0 Å². The molecule has 2 N–H and O–H groups in total. The maximum Gasteiger partial charge on any atom is 0.248 e. The second-order valence-corrected chi connectivity index (χ2v) is 6.29. The van der Waals surface area contributed by atoms with Crippen LogP contribution in [-0.4, -0.2) is 11.5 Å². The van der Waals surface area contributed by atoms with Crippen molar-refractivity contribution in [2.24, 2.45) is 5.41 Å². The van der Waals surface area contributed by atoms with E-state index in [4.69, 9.17) is 0 Å². The molecule has 0 saturated heterocycles. The van der Waals surface area contributed by atoms with Crippen LogP contribution in [0.1, 0.15) is 62.7 Å². The van der Waals surface area contributed by atoms with Gasteiger partial charge in [0.2, 0.25) is 5.56 Å². The van der Waals surface area contributed by atoms with Crippen LogP contribution in [0.2, 0.25) is 0 Å². The monoisotopic (exact) mass is 260 g/mol. The number of rotatable bonds is 4. The third-order valence-electron chi connectivity index (χ3n) is 5.22. The highest BCUT2D eigenvalue weighted by Crippen LogP contribution is 2.43. The van der Waals surface area contributed by atoms with Crippen LogP contribution in [0, 0.1) is 5.41 Å². The number of hydrogen-bond acceptors (Lipinski definition) is 2. The zero-order chi connectivity index (χ0) is 13.3. The lowest BCUT2D eigenvalue weighted by atomic mass is 9.67. The highest BCUT2D eigenvalue weighted by Gasteiger charge is 2.35. The fourth-order valence-electron chi connectivity index (χ4n) is 3.58. The fraction of sp³-hybridized carbons (Fsp3) is 0.688. The van der Waals surface area contributed by atoms with Gasteiger partial charge in [0, 0.05) is 24.3 Å². The molecule has 2 aliphatic carbocycles. The Morgan fingerprint density at radius 3 is 2.89 bits per heavy atom. The van der Waals surface area contributed by atoms with Gasteiger partial charge in [0.1, 0.15) is 0 Å². The van der Waals surface area contributed by atoms with Gasteiger partial charge in [-0.05, 0) is 49.5 Å². The van der Waals surface area contributed by atoms with E-state index in [9.17, 15) is 4.79 Å². The Kier molecular flexibility index (Phi) is 3.48. The minimum atomic E-state index is 0.0309. The summed E-state index contributed by atoms with van der Waals surface area (Å²) in [5.41, 5.74) is 3.05. The topological polar surface area (TPSA) is 44.9 Å². The van der Waals surface area contributed by atoms with Gasteiger partial charge in [-0.15, -0.1) is 0 Å². The summed E-state index contributed by atoms with van der Waals surface area (Å²) in [6.45, 7) is 3.44. The first-order valence-electron chi connectivity index (χ1n) is 7.68. The molecule has 0 spiro atoms. The van der Waals surface area contributed by atoms with Crippen LogP contribution >= 0.6 is 0 Å². The van der Waals surface area contributed by atoms with Crippen molar-refractivity contribution in [2.75, 3.05) is 6.54 Å². The summed E-state index contributed by atoms with van der Waals surface area (Å²) < 4.78 is 0. The maximum atomic E-state index is 11.4. The van der Waals surface area contributed by atoms with Crippen molar-refractivity contribution in [2.45, 2.75) is 57.9 Å². The van der Waals surface area contributed by atoms with E-state index in [1.54, 1.807) is 6.07 Å². The van der Waals surface area contributed by atoms with Gasteiger partial charge >= 0.3 is 0 Å². The van der Waals surface area contributed by atoms with Crippen LogP contribution < -0.4 is 10.9 Å². The lowest BCUT2D eigenvalue weighted by Gasteiger charge is -2.43. The molecule has 1 unspecified atom stereocenters. The summed E-state index contributed by atoms with van der Waals surface area (Å²) in [4.78, 5) is 14.4. The van der Waals surface area contributed by atoms with E-state index in [0.717, 1.165) is 18.7 Å². The van der Waals surface area contributed by atoms with Gasteiger partial charge in [0.25, 0.3) is 0 Å². The Bertz CT molecular complexity index is 496. The molecule has 104 valence electrons. The van der Waals surface area contributed by atoms with Gasteiger partial charge in [-0.2, -0.15) is 0 Å². The van der Waals surface area contributed by atoms with Crippen molar-refractivity contribution in [3.63, 3.8) is 0 Å². The largest absolute Gasteiger partial charge is 0.326 e. The summed E-state index contributed by atoms with van der Waals surface area (Å²) in [6, 6.07) is 4.12. The number of aryl methyl sites for hydroxylation is 1. The molecule has 3 heteroatoms. The van der Waals surface area contributed by atoms with Crippen molar-refractivity contribution in [3.8, 4) is 0 Å². The summed E-state index contributed by atoms with van der Waals surface area (Å²) in [5, 5.41) is 3.77. The SMILES string of the molecule is CCC1(CNC2CCCc3[nH]c(=O)ccc32)CCC1. The van der Waals surface area contributed by atoms with Crippen LogP contribution in [0.3, 0.4) is 0 Å². The number of pyridine rings is 1. The Hall–Kier alpha value is -1.09. The predicted octanol–water partition coefficient (Wildman–Crippen LogP) is 2.92. The van der Waals surface area contributed by atoms with E-state index in [-0.39, 0.29) is 5.56 Å². The Morgan fingerprint density at radius 2 is 2.21 bits per heavy atom. The average molecular weight is 260 g/mol. The third-order valence-corrected chi connectivity index (χ3v) is 5.22. The first-order chi connectivity index (χ1) is 9.22. The molecule has 19 heavy (non-hydrogen) atoms. The second-order valence-electron chi connectivity index (χ2n) is 6.29. The first-order valence-corrected chi connectivity index (χ1v) is 7.68. The molecule has 0 radical (unpaired) electrons. The minimum Gasteiger partial charge on any atom is -0.326 e. The van der Waals surface area contributed by atoms with Crippen LogP contribution in [0.25, 0.3) is 0 Å². The normalized spacial score (nSPS) is 24.6. The molecular weight excluding hydrogens is 236 g/mol. The lowest BCUT2D eigenvalue weighted by Crippen LogP contribution is -2.41. The van der Waals surface area contributed by atoms with Crippen molar-refractivity contribution < 1.29 is 0 Å². The van der Waals surface area contributed by atoms with Crippen LogP contribution in [-0.2, 0) is 6.42 Å². The van der Waals surface area contributed by atoms with Crippen molar-refractivity contribution in [3.05, 3.63) is 33.7 Å². The number of aromatic amines is 1. The molecule has 1 fully saturated rings. The second kappa shape index (κ2) is 5.12. The molecule has 3 nitrogen and oxygen atoms in total. The molecule has 1 atom stereocenters. The summed E-state index contributed by atoms with van der Waals surface area (Å²) in [6.07, 6.45) is 8.81. The number of hydrogen-bond donors (Lipinski definition) is 2. The lowest BCUT2D eigenvalue weighted by molar-refractivity contribution is 0.117. The van der Waals surface area contributed by atoms with E-state index in [1.807, 2.05) is 6.07 Å². The van der Waals surface area contributed by atoms with E-state index < -0.39 is 0 Å². The molecule has 2 aliphatic rings. The van der Waals surface area contributed by atoms with E-state index >= 15 is 0 Å². The molecule has 0 aromatic carbocycles. The molecule has 3 rings (SSSR count). The standard InChI is InChI=1S/C16H24N2O/c1-2-16(9-4-10-16)11-17-13-5-3-6-14-12(13)7-8-15(19)18-14/h7-8,13,17H,2-6,9-11H2,1H3,(H,18,19). The van der Waals surface area contributed by atoms with E-state index in [0.29, 0.717) is 11.5 Å². The molecule has 0 amide bonds. The molecular formula is C16H24N2O. The molecule has 1 aromatic heterocycles. The number of H-pyrrole nitrogens is 1. The summed E-state index contributed by atoms with van der Waals surface area (Å²) >= 11 is 0. The number of aromatic nitrogens is 1. The zero-order valence-corrected chi connectivity index (χ0v) is 11.8. The van der Waals surface area contributed by atoms with Gasteiger partial charge in [0.15, 0.2) is 0 Å². The minimum absolute atomic E-state index is 0.0309. The molecule has 0 aliphatic heterocycles. The smallest absolute Gasteiger partial charge is 0.248 e. The predicted molar refractivity (Wildman–Crippen MR) is 77.3 cm³/mol. The molecule has 1 aromatic rings. The molecule has 1 heterocycles. The first kappa shape index (κ1) is 12.9. The Balaban J connectivity index is 1.71. The highest BCUT2D eigenvalue weighted by atomic mass is 16.1. The van der Waals surface area contributed by atoms with Gasteiger partial charge in [-0.3, -0.25) is 4.79 Å². The van der Waals surface area contributed by atoms with Crippen LogP contribution in [0.5, 0.6) is 0 Å². The van der Waals surface area contributed by atoms with Gasteiger partial charge in [-0.25, -0.2) is 0 Å². The maximum absolute atomic E-state index is 11.4. The van der Waals surface area contributed by atoms with Crippen molar-refractivity contribution >= 4 is 0 Å². The average Bonchev–Trinajstić information content (AvgIpc) is 2.37. The zero-order valence-electron chi connectivity index (χ0n) is 11.8. The van der Waals surface area contributed by atoms with Crippen molar-refractivity contribution in [1.82, 2.24) is 10.3 Å². The van der Waals surface area contributed by atoms with Crippen LogP contribution in [0.15, 0.2) is 16.9 Å². The highest BCUT2D eigenvalue weighted by molar-refractivity contribution is 5.26. The quantitative estimate of drug-likeness (QED) is 0.874. The Morgan fingerprint density at radius 1 is 1.37 bits per heavy atom. The molecule has 1 saturated carbocycles. The van der Waals surface area contributed by atoms with E-state index in [2.05, 4.69) is 17.2 Å². The fourth-order valence-corrected chi connectivity index (χ4v) is 3.58. The number of fused-ring (bicyclic) bond motifs is 1. The third kappa shape index (κ3) is 2.48. The number of nitrogens with one attached hydrogen (secondary N) is 2. The van der Waals surface area contributed by atoms with Gasteiger partial charge < -0.3 is 10.3 Å². The summed E-state index contributed by atoms with van der Waals surface area (Å²) in [5.74, 6) is 0. The van der Waals surface area contributed by atoms with Crippen molar-refractivity contribution in [1.29, 1.82) is 0 Å². The summed E-state index contributed by atoms with van der Waals surface area (Å²) in [7, 11) is 0. The molecule has 0 bridgehead atoms. The van der Waals surface area contributed by atoms with E-state index in [1.165, 1.54) is 44.1 Å². The van der Waals surface area contributed by atoms with Gasteiger partial charge in [-0.1, -0.05) is 19.4 Å². The van der Waals surface area contributed by atoms with Crippen LogP contribution in [0.4, 0.5) is 0 Å².